The molecule has 0 amide bonds. The van der Waals surface area contributed by atoms with Crippen LogP contribution >= 0.6 is 0 Å². The summed E-state index contributed by atoms with van der Waals surface area (Å²) in [6, 6.07) is 2.89. The van der Waals surface area contributed by atoms with E-state index in [1.165, 1.54) is 32.5 Å². The number of carbonyl (C=O) groups is 2. The molecule has 1 heterocycles. The highest BCUT2D eigenvalue weighted by atomic mass is 16.5. The van der Waals surface area contributed by atoms with Crippen molar-refractivity contribution >= 4 is 17.6 Å². The maximum absolute atomic E-state index is 11.4. The molecule has 6 nitrogen and oxygen atoms in total. The van der Waals surface area contributed by atoms with Crippen LogP contribution in [0.2, 0.25) is 0 Å². The van der Waals surface area contributed by atoms with Crippen molar-refractivity contribution in [2.75, 3.05) is 14.2 Å². The monoisotopic (exact) mass is 234 g/mol. The number of nitrogens with zero attached hydrogens (tertiary/aromatic N) is 2. The summed E-state index contributed by atoms with van der Waals surface area (Å²) in [7, 11) is 2.34. The first kappa shape index (κ1) is 12.6. The van der Waals surface area contributed by atoms with E-state index in [2.05, 4.69) is 19.3 Å². The van der Waals surface area contributed by atoms with E-state index in [0.717, 1.165) is 0 Å². The van der Waals surface area contributed by atoms with Gasteiger partial charge in [-0.1, -0.05) is 6.07 Å². The smallest absolute Gasteiger partial charge is 0.326 e. The zero-order chi connectivity index (χ0) is 12.8. The summed E-state index contributed by atoms with van der Waals surface area (Å²) in [4.78, 5) is 29.9. The maximum atomic E-state index is 11.4. The van der Waals surface area contributed by atoms with Crippen LogP contribution in [-0.2, 0) is 19.1 Å². The van der Waals surface area contributed by atoms with Crippen molar-refractivity contribution < 1.29 is 19.1 Å². The van der Waals surface area contributed by atoms with Crippen LogP contribution in [0.4, 0.5) is 5.69 Å². The average molecular weight is 234 g/mol. The van der Waals surface area contributed by atoms with Gasteiger partial charge in [-0.3, -0.25) is 14.6 Å². The van der Waals surface area contributed by atoms with Gasteiger partial charge >= 0.3 is 11.9 Å². The third kappa shape index (κ3) is 2.78. The molecule has 0 bridgehead atoms. The van der Waals surface area contributed by atoms with Crippen molar-refractivity contribution in [2.45, 2.75) is 5.92 Å². The second-order valence-electron chi connectivity index (χ2n) is 3.03. The van der Waals surface area contributed by atoms with Gasteiger partial charge in [-0.05, 0) is 6.07 Å². The van der Waals surface area contributed by atoms with Gasteiger partial charge in [-0.25, -0.2) is 4.85 Å². The highest BCUT2D eigenvalue weighted by Crippen LogP contribution is 2.19. The lowest BCUT2D eigenvalue weighted by molar-refractivity contribution is -0.154. The normalized spacial score (nSPS) is 9.53. The first-order chi connectivity index (χ1) is 8.13. The summed E-state index contributed by atoms with van der Waals surface area (Å²) in [6.45, 7) is 6.76. The lowest BCUT2D eigenvalue weighted by atomic mass is 10.1. The lowest BCUT2D eigenvalue weighted by Gasteiger charge is -2.11. The average Bonchev–Trinajstić information content (AvgIpc) is 2.39. The van der Waals surface area contributed by atoms with E-state index in [0.29, 0.717) is 5.69 Å². The van der Waals surface area contributed by atoms with Gasteiger partial charge in [0.15, 0.2) is 5.92 Å². The second kappa shape index (κ2) is 5.61. The van der Waals surface area contributed by atoms with Crippen LogP contribution in [0.15, 0.2) is 18.3 Å². The van der Waals surface area contributed by atoms with Gasteiger partial charge in [-0.2, -0.15) is 0 Å². The quantitative estimate of drug-likeness (QED) is 0.444. The molecule has 88 valence electrons. The van der Waals surface area contributed by atoms with Crippen molar-refractivity contribution in [2.24, 2.45) is 0 Å². The zero-order valence-electron chi connectivity index (χ0n) is 9.34. The molecule has 0 aliphatic rings. The Morgan fingerprint density at radius 3 is 2.24 bits per heavy atom. The number of hydrogen-bond donors (Lipinski definition) is 0. The van der Waals surface area contributed by atoms with Gasteiger partial charge in [0.05, 0.1) is 26.5 Å². The SMILES string of the molecule is [C-]#[N+]c1ccc(C(C(=O)OC)C(=O)OC)nc1. The Hall–Kier alpha value is -2.42. The van der Waals surface area contributed by atoms with Crippen molar-refractivity contribution in [3.63, 3.8) is 0 Å². The number of methoxy groups -OCH3 is 2. The summed E-state index contributed by atoms with van der Waals surface area (Å²) in [5.41, 5.74) is 0.512. The van der Waals surface area contributed by atoms with Crippen molar-refractivity contribution in [3.8, 4) is 0 Å². The molecule has 0 aliphatic heterocycles. The fraction of sp³-hybridized carbons (Fsp3) is 0.273. The van der Waals surface area contributed by atoms with E-state index in [1.54, 1.807) is 0 Å². The van der Waals surface area contributed by atoms with E-state index in [1.807, 2.05) is 0 Å². The summed E-state index contributed by atoms with van der Waals surface area (Å²) in [6.07, 6.45) is 1.28. The van der Waals surface area contributed by atoms with E-state index < -0.39 is 17.9 Å². The Morgan fingerprint density at radius 1 is 1.29 bits per heavy atom. The molecule has 0 unspecified atom stereocenters. The minimum Gasteiger partial charge on any atom is -0.468 e. The molecule has 0 spiro atoms. The molecular formula is C11H10N2O4. The van der Waals surface area contributed by atoms with Crippen LogP contribution in [0.5, 0.6) is 0 Å². The summed E-state index contributed by atoms with van der Waals surface area (Å²) < 4.78 is 9.01. The van der Waals surface area contributed by atoms with Crippen LogP contribution in [0, 0.1) is 6.57 Å². The standard InChI is InChI=1S/C11H10N2O4/c1-12-7-4-5-8(13-6-7)9(10(14)16-2)11(15)17-3/h4-6,9H,2-3H3. The predicted molar refractivity (Wildman–Crippen MR) is 57.3 cm³/mol. The highest BCUT2D eigenvalue weighted by Gasteiger charge is 2.31. The van der Waals surface area contributed by atoms with Crippen molar-refractivity contribution in [3.05, 3.63) is 35.4 Å². The molecule has 0 radical (unpaired) electrons. The lowest BCUT2D eigenvalue weighted by Crippen LogP contribution is -2.25. The molecule has 0 saturated heterocycles. The molecule has 6 heteroatoms. The summed E-state index contributed by atoms with van der Waals surface area (Å²) >= 11 is 0. The molecule has 0 aromatic carbocycles. The van der Waals surface area contributed by atoms with Gasteiger partial charge in [0, 0.05) is 6.20 Å². The maximum Gasteiger partial charge on any atom is 0.326 e. The zero-order valence-corrected chi connectivity index (χ0v) is 9.34. The summed E-state index contributed by atoms with van der Waals surface area (Å²) in [5.74, 6) is -2.72. The molecule has 0 N–H and O–H groups in total. The van der Waals surface area contributed by atoms with Crippen molar-refractivity contribution in [1.29, 1.82) is 0 Å². The van der Waals surface area contributed by atoms with E-state index in [4.69, 9.17) is 6.57 Å². The first-order valence-electron chi connectivity index (χ1n) is 4.63. The van der Waals surface area contributed by atoms with E-state index >= 15 is 0 Å². The van der Waals surface area contributed by atoms with Crippen LogP contribution in [-0.4, -0.2) is 31.1 Å². The Labute approximate surface area is 98.0 Å². The number of esters is 2. The molecule has 0 fully saturated rings. The van der Waals surface area contributed by atoms with E-state index in [-0.39, 0.29) is 5.69 Å². The molecule has 0 saturated carbocycles. The highest BCUT2D eigenvalue weighted by molar-refractivity contribution is 6.00. The molecule has 17 heavy (non-hydrogen) atoms. The summed E-state index contributed by atoms with van der Waals surface area (Å²) in [5, 5.41) is 0. The number of carbonyl (C=O) groups excluding carboxylic acids is 2. The minimum atomic E-state index is -1.22. The molecular weight excluding hydrogens is 224 g/mol. The molecule has 0 atom stereocenters. The third-order valence-corrected chi connectivity index (χ3v) is 2.07. The topological polar surface area (TPSA) is 69.9 Å². The predicted octanol–water partition coefficient (Wildman–Crippen LogP) is 1.06. The van der Waals surface area contributed by atoms with Crippen LogP contribution in [0.25, 0.3) is 4.85 Å². The fourth-order valence-electron chi connectivity index (χ4n) is 1.21. The third-order valence-electron chi connectivity index (χ3n) is 2.07. The van der Waals surface area contributed by atoms with Gasteiger partial charge in [0.25, 0.3) is 0 Å². The Balaban J connectivity index is 3.09. The van der Waals surface area contributed by atoms with Gasteiger partial charge in [-0.15, -0.1) is 0 Å². The second-order valence-corrected chi connectivity index (χ2v) is 3.03. The number of pyridine rings is 1. The van der Waals surface area contributed by atoms with Gasteiger partial charge in [0.2, 0.25) is 5.69 Å². The number of aromatic nitrogens is 1. The van der Waals surface area contributed by atoms with E-state index in [9.17, 15) is 9.59 Å². The molecule has 1 aromatic heterocycles. The van der Waals surface area contributed by atoms with Crippen LogP contribution < -0.4 is 0 Å². The Kier molecular flexibility index (Phi) is 4.17. The van der Waals surface area contributed by atoms with Crippen LogP contribution in [0.3, 0.4) is 0 Å². The van der Waals surface area contributed by atoms with Gasteiger partial charge in [0.1, 0.15) is 0 Å². The van der Waals surface area contributed by atoms with Gasteiger partial charge < -0.3 is 9.47 Å². The number of hydrogen-bond acceptors (Lipinski definition) is 5. The number of ether oxygens (including phenoxy) is 2. The largest absolute Gasteiger partial charge is 0.468 e. The molecule has 0 aliphatic carbocycles. The molecule has 1 aromatic rings. The minimum absolute atomic E-state index is 0.191. The Bertz CT molecular complexity index is 445. The Morgan fingerprint density at radius 2 is 1.88 bits per heavy atom. The first-order valence-corrected chi connectivity index (χ1v) is 4.63. The number of rotatable bonds is 3. The molecule has 1 rings (SSSR count). The fourth-order valence-corrected chi connectivity index (χ4v) is 1.21. The van der Waals surface area contributed by atoms with Crippen LogP contribution in [0.1, 0.15) is 11.6 Å². The van der Waals surface area contributed by atoms with Crippen molar-refractivity contribution in [1.82, 2.24) is 4.98 Å².